The maximum Gasteiger partial charge on any atom is 0.338 e. The number of allylic oxidation sites excluding steroid dienone is 1. The summed E-state index contributed by atoms with van der Waals surface area (Å²) in [7, 11) is 3.11. The van der Waals surface area contributed by atoms with Crippen molar-refractivity contribution in [3.8, 4) is 11.5 Å². The second-order valence-electron chi connectivity index (χ2n) is 9.26. The highest BCUT2D eigenvalue weighted by Crippen LogP contribution is 2.38. The van der Waals surface area contributed by atoms with Crippen LogP contribution in [0.1, 0.15) is 50.5 Å². The van der Waals surface area contributed by atoms with Crippen LogP contribution in [0, 0.1) is 0 Å². The zero-order valence-corrected chi connectivity index (χ0v) is 24.7. The first-order chi connectivity index (χ1) is 18.9. The Labute approximate surface area is 238 Å². The van der Waals surface area contributed by atoms with E-state index in [1.807, 2.05) is 6.07 Å². The van der Waals surface area contributed by atoms with Gasteiger partial charge < -0.3 is 23.5 Å². The summed E-state index contributed by atoms with van der Waals surface area (Å²) in [5.74, 6) is 1.87. The van der Waals surface area contributed by atoms with Gasteiger partial charge in [-0.1, -0.05) is 11.3 Å². The summed E-state index contributed by atoms with van der Waals surface area (Å²) in [6, 6.07) is 6.35. The molecule has 3 aromatic rings. The predicted molar refractivity (Wildman–Crippen MR) is 152 cm³/mol. The summed E-state index contributed by atoms with van der Waals surface area (Å²) in [4.78, 5) is 34.5. The molecule has 1 aromatic carbocycles. The molecule has 0 unspecified atom stereocenters. The van der Waals surface area contributed by atoms with Gasteiger partial charge in [-0.2, -0.15) is 0 Å². The van der Waals surface area contributed by atoms with Crippen molar-refractivity contribution >= 4 is 45.2 Å². The minimum Gasteiger partial charge on any atom is -0.497 e. The number of nitrogens with zero attached hydrogens (tertiary/aromatic N) is 3. The van der Waals surface area contributed by atoms with Crippen LogP contribution in [0.5, 0.6) is 11.5 Å². The number of aromatic nitrogens is 1. The fraction of sp³-hybridized carbons (Fsp3) is 0.393. The monoisotopic (exact) mass is 615 g/mol. The summed E-state index contributed by atoms with van der Waals surface area (Å²) in [6.45, 7) is 5.55. The third-order valence-electron chi connectivity index (χ3n) is 6.85. The fourth-order valence-electron chi connectivity index (χ4n) is 5.03. The summed E-state index contributed by atoms with van der Waals surface area (Å²) < 4.78 is 25.5. The number of halogens is 1. The third-order valence-corrected chi connectivity index (χ3v) is 8.40. The Morgan fingerprint density at radius 1 is 1.21 bits per heavy atom. The number of methoxy groups -OCH3 is 2. The van der Waals surface area contributed by atoms with E-state index in [9.17, 15) is 9.59 Å². The molecule has 4 heterocycles. The van der Waals surface area contributed by atoms with Crippen LogP contribution in [0.2, 0.25) is 0 Å². The molecule has 1 fully saturated rings. The van der Waals surface area contributed by atoms with Crippen molar-refractivity contribution in [1.29, 1.82) is 0 Å². The van der Waals surface area contributed by atoms with Gasteiger partial charge in [0, 0.05) is 30.8 Å². The highest BCUT2D eigenvalue weighted by atomic mass is 79.9. The normalized spacial score (nSPS) is 17.6. The minimum absolute atomic E-state index is 0.189. The number of rotatable bonds is 7. The molecule has 206 valence electrons. The van der Waals surface area contributed by atoms with Gasteiger partial charge in [0.05, 0.1) is 41.1 Å². The zero-order chi connectivity index (χ0) is 27.7. The average molecular weight is 617 g/mol. The second-order valence-corrected chi connectivity index (χ2v) is 11.1. The van der Waals surface area contributed by atoms with E-state index in [0.29, 0.717) is 37.9 Å². The number of esters is 1. The van der Waals surface area contributed by atoms with Crippen LogP contribution >= 0.6 is 27.3 Å². The van der Waals surface area contributed by atoms with Gasteiger partial charge in [0.15, 0.2) is 4.80 Å². The molecule has 2 aromatic heterocycles. The molecule has 11 heteroatoms. The van der Waals surface area contributed by atoms with Crippen molar-refractivity contribution in [2.75, 3.05) is 38.8 Å². The Hall–Kier alpha value is -3.31. The summed E-state index contributed by atoms with van der Waals surface area (Å²) >= 11 is 4.86. The molecule has 0 N–H and O–H groups in total. The number of anilines is 1. The van der Waals surface area contributed by atoms with Gasteiger partial charge in [0.1, 0.15) is 23.3 Å². The van der Waals surface area contributed by atoms with E-state index >= 15 is 0 Å². The number of hydrogen-bond donors (Lipinski definition) is 0. The molecule has 1 saturated heterocycles. The van der Waals surface area contributed by atoms with Gasteiger partial charge in [0.2, 0.25) is 5.88 Å². The first-order valence-corrected chi connectivity index (χ1v) is 14.4. The standard InChI is InChI=1S/C28H30BrN3O6S/c1-5-37-27(34)23-16(2)30-28-32(24(23)19-13-17(35-3)9-10-21(19)36-4)25(33)22(39-28)15-18-14-20(29)26(38-18)31-11-7-6-8-12-31/h9-10,13-15,24H,5-8,11-12H2,1-4H3/b22-15+/t24-/m1/s1. The highest BCUT2D eigenvalue weighted by molar-refractivity contribution is 9.10. The molecule has 5 rings (SSSR count). The smallest absolute Gasteiger partial charge is 0.338 e. The molecule has 9 nitrogen and oxygen atoms in total. The van der Waals surface area contributed by atoms with Gasteiger partial charge in [-0.25, -0.2) is 9.79 Å². The number of hydrogen-bond acceptors (Lipinski definition) is 9. The van der Waals surface area contributed by atoms with Crippen LogP contribution in [0.3, 0.4) is 0 Å². The maximum atomic E-state index is 14.0. The Kier molecular flexibility index (Phi) is 7.99. The number of fused-ring (bicyclic) bond motifs is 1. The average Bonchev–Trinajstić information content (AvgIpc) is 3.46. The van der Waals surface area contributed by atoms with Crippen LogP contribution in [-0.2, 0) is 9.53 Å². The van der Waals surface area contributed by atoms with Crippen molar-refractivity contribution in [2.45, 2.75) is 39.2 Å². The Balaban J connectivity index is 1.68. The number of carbonyl (C=O) groups excluding carboxylic acids is 1. The number of furan rings is 1. The predicted octanol–water partition coefficient (Wildman–Crippen LogP) is 4.16. The van der Waals surface area contributed by atoms with Crippen molar-refractivity contribution in [2.24, 2.45) is 4.99 Å². The van der Waals surface area contributed by atoms with Crippen LogP contribution in [0.25, 0.3) is 6.08 Å². The third kappa shape index (κ3) is 5.17. The summed E-state index contributed by atoms with van der Waals surface area (Å²) in [6.07, 6.45) is 5.19. The number of piperidine rings is 1. The van der Waals surface area contributed by atoms with Gasteiger partial charge in [0.25, 0.3) is 5.56 Å². The van der Waals surface area contributed by atoms with Gasteiger partial charge >= 0.3 is 5.97 Å². The first kappa shape index (κ1) is 27.3. The molecule has 0 aliphatic carbocycles. The second kappa shape index (κ2) is 11.4. The van der Waals surface area contributed by atoms with Crippen molar-refractivity contribution in [3.63, 3.8) is 0 Å². The van der Waals surface area contributed by atoms with Crippen LogP contribution < -0.4 is 29.3 Å². The lowest BCUT2D eigenvalue weighted by atomic mass is 9.95. The molecule has 2 aliphatic rings. The molecule has 0 spiro atoms. The van der Waals surface area contributed by atoms with E-state index in [4.69, 9.17) is 18.6 Å². The van der Waals surface area contributed by atoms with E-state index in [0.717, 1.165) is 36.3 Å². The van der Waals surface area contributed by atoms with E-state index in [1.165, 1.54) is 22.3 Å². The van der Waals surface area contributed by atoms with Crippen LogP contribution in [0.4, 0.5) is 5.88 Å². The van der Waals surface area contributed by atoms with Gasteiger partial charge in [-0.15, -0.1) is 0 Å². The minimum atomic E-state index is -0.820. The molecule has 0 amide bonds. The fourth-order valence-corrected chi connectivity index (χ4v) is 6.61. The molecule has 1 atom stereocenters. The Morgan fingerprint density at radius 2 is 1.97 bits per heavy atom. The van der Waals surface area contributed by atoms with Crippen molar-refractivity contribution in [3.05, 3.63) is 71.0 Å². The topological polar surface area (TPSA) is 95.5 Å². The lowest BCUT2D eigenvalue weighted by Crippen LogP contribution is -2.40. The number of benzene rings is 1. The van der Waals surface area contributed by atoms with E-state index in [2.05, 4.69) is 25.8 Å². The molecule has 39 heavy (non-hydrogen) atoms. The lowest BCUT2D eigenvalue weighted by molar-refractivity contribution is -0.139. The molecule has 0 radical (unpaired) electrons. The van der Waals surface area contributed by atoms with Crippen molar-refractivity contribution in [1.82, 2.24) is 4.57 Å². The SMILES string of the molecule is CCOC(=O)C1=C(C)N=c2s/c(=C/c3cc(Br)c(N4CCCCC4)o3)c(=O)n2[C@@H]1c1cc(OC)ccc1OC. The summed E-state index contributed by atoms with van der Waals surface area (Å²) in [5.41, 5.74) is 1.05. The first-order valence-electron chi connectivity index (χ1n) is 12.8. The van der Waals surface area contributed by atoms with Crippen LogP contribution in [-0.4, -0.2) is 44.5 Å². The zero-order valence-electron chi connectivity index (χ0n) is 22.3. The molecule has 0 bridgehead atoms. The highest BCUT2D eigenvalue weighted by Gasteiger charge is 2.35. The quantitative estimate of drug-likeness (QED) is 0.368. The number of thiazole rings is 1. The Morgan fingerprint density at radius 3 is 2.67 bits per heavy atom. The lowest BCUT2D eigenvalue weighted by Gasteiger charge is -2.26. The van der Waals surface area contributed by atoms with E-state index in [1.54, 1.807) is 52.3 Å². The van der Waals surface area contributed by atoms with Gasteiger partial charge in [-0.05, 0) is 67.2 Å². The van der Waals surface area contributed by atoms with E-state index < -0.39 is 12.0 Å². The molecule has 2 aliphatic heterocycles. The van der Waals surface area contributed by atoms with Gasteiger partial charge in [-0.3, -0.25) is 9.36 Å². The Bertz CT molecular complexity index is 1610. The number of carbonyl (C=O) groups is 1. The van der Waals surface area contributed by atoms with Crippen molar-refractivity contribution < 1.29 is 23.4 Å². The van der Waals surface area contributed by atoms with E-state index in [-0.39, 0.29) is 17.7 Å². The molecule has 0 saturated carbocycles. The largest absolute Gasteiger partial charge is 0.497 e. The number of ether oxygens (including phenoxy) is 3. The van der Waals surface area contributed by atoms with Crippen LogP contribution in [0.15, 0.2) is 54.2 Å². The molecular weight excluding hydrogens is 586 g/mol. The summed E-state index contributed by atoms with van der Waals surface area (Å²) in [5, 5.41) is 0. The maximum absolute atomic E-state index is 14.0. The molecular formula is C28H30BrN3O6S.